The second-order valence-electron chi connectivity index (χ2n) is 6.53. The van der Waals surface area contributed by atoms with Crippen molar-refractivity contribution in [2.75, 3.05) is 31.1 Å². The van der Waals surface area contributed by atoms with Gasteiger partial charge in [-0.3, -0.25) is 4.90 Å². The fraction of sp³-hybridized carbons (Fsp3) is 0.474. The molecule has 0 radical (unpaired) electrons. The Morgan fingerprint density at radius 2 is 1.74 bits per heavy atom. The number of anilines is 1. The van der Waals surface area contributed by atoms with E-state index in [0.29, 0.717) is 6.04 Å². The number of aryl methyl sites for hydroxylation is 1. The van der Waals surface area contributed by atoms with Crippen molar-refractivity contribution in [1.82, 2.24) is 14.9 Å². The summed E-state index contributed by atoms with van der Waals surface area (Å²) in [5, 5.41) is 0. The van der Waals surface area contributed by atoms with Crippen LogP contribution in [0, 0.1) is 0 Å². The van der Waals surface area contributed by atoms with Gasteiger partial charge in [0.2, 0.25) is 5.95 Å². The largest absolute Gasteiger partial charge is 0.339 e. The predicted octanol–water partition coefficient (Wildman–Crippen LogP) is 3.07. The van der Waals surface area contributed by atoms with Gasteiger partial charge < -0.3 is 4.90 Å². The van der Waals surface area contributed by atoms with E-state index in [-0.39, 0.29) is 0 Å². The number of aromatic nitrogens is 2. The molecule has 1 aromatic heterocycles. The van der Waals surface area contributed by atoms with Crippen LogP contribution in [-0.2, 0) is 6.42 Å². The van der Waals surface area contributed by atoms with Crippen LogP contribution in [0.25, 0.3) is 0 Å². The van der Waals surface area contributed by atoms with Crippen LogP contribution in [0.1, 0.15) is 36.4 Å². The summed E-state index contributed by atoms with van der Waals surface area (Å²) in [4.78, 5) is 13.8. The number of hydrogen-bond acceptors (Lipinski definition) is 4. The second-order valence-corrected chi connectivity index (χ2v) is 6.53. The first-order valence-electron chi connectivity index (χ1n) is 8.75. The molecule has 2 heterocycles. The predicted molar refractivity (Wildman–Crippen MR) is 92.6 cm³/mol. The number of fused-ring (bicyclic) bond motifs is 1. The van der Waals surface area contributed by atoms with Crippen LogP contribution in [0.4, 0.5) is 5.95 Å². The summed E-state index contributed by atoms with van der Waals surface area (Å²) >= 11 is 0. The molecule has 120 valence electrons. The Kier molecular flexibility index (Phi) is 4.24. The van der Waals surface area contributed by atoms with Crippen LogP contribution in [-0.4, -0.2) is 41.0 Å². The zero-order valence-corrected chi connectivity index (χ0v) is 13.6. The highest BCUT2D eigenvalue weighted by Gasteiger charge is 2.27. The van der Waals surface area contributed by atoms with E-state index in [1.807, 2.05) is 18.5 Å². The van der Waals surface area contributed by atoms with E-state index in [4.69, 9.17) is 0 Å². The molecule has 1 saturated heterocycles. The van der Waals surface area contributed by atoms with Gasteiger partial charge in [0.25, 0.3) is 0 Å². The Bertz CT molecular complexity index is 643. The molecule has 0 amide bonds. The van der Waals surface area contributed by atoms with E-state index in [9.17, 15) is 0 Å². The standard InChI is InChI=1S/C19H24N4/c1-2-8-17-16(6-1)7-3-9-18(17)22-12-5-13-23(15-14-22)19-20-10-4-11-21-19/h1-2,4,6,8,10-11,18H,3,5,7,9,12-15H2/t18-/m0/s1. The highest BCUT2D eigenvalue weighted by atomic mass is 15.3. The summed E-state index contributed by atoms with van der Waals surface area (Å²) in [5.74, 6) is 0.874. The third kappa shape index (κ3) is 3.08. The lowest BCUT2D eigenvalue weighted by molar-refractivity contribution is 0.191. The van der Waals surface area contributed by atoms with Crippen LogP contribution in [0.15, 0.2) is 42.7 Å². The van der Waals surface area contributed by atoms with E-state index in [1.165, 1.54) is 32.2 Å². The summed E-state index contributed by atoms with van der Waals surface area (Å²) in [7, 11) is 0. The zero-order chi connectivity index (χ0) is 15.5. The molecule has 2 aliphatic rings. The molecule has 4 nitrogen and oxygen atoms in total. The van der Waals surface area contributed by atoms with Gasteiger partial charge in [0, 0.05) is 44.6 Å². The topological polar surface area (TPSA) is 32.3 Å². The molecule has 1 aliphatic carbocycles. The molecule has 0 unspecified atom stereocenters. The lowest BCUT2D eigenvalue weighted by Gasteiger charge is -2.35. The zero-order valence-electron chi connectivity index (χ0n) is 13.6. The van der Waals surface area contributed by atoms with Crippen molar-refractivity contribution >= 4 is 5.95 Å². The maximum absolute atomic E-state index is 4.41. The van der Waals surface area contributed by atoms with Crippen LogP contribution in [0.3, 0.4) is 0 Å². The first-order valence-corrected chi connectivity index (χ1v) is 8.75. The van der Waals surface area contributed by atoms with Crippen molar-refractivity contribution in [2.24, 2.45) is 0 Å². The van der Waals surface area contributed by atoms with Gasteiger partial charge in [-0.1, -0.05) is 24.3 Å². The molecule has 1 aliphatic heterocycles. The Hall–Kier alpha value is -1.94. The minimum atomic E-state index is 0.594. The van der Waals surface area contributed by atoms with E-state index in [2.05, 4.69) is 44.0 Å². The Morgan fingerprint density at radius 3 is 2.65 bits per heavy atom. The van der Waals surface area contributed by atoms with Gasteiger partial charge in [-0.05, 0) is 42.9 Å². The molecule has 2 aromatic rings. The normalized spacial score (nSPS) is 22.4. The summed E-state index contributed by atoms with van der Waals surface area (Å²) in [6.45, 7) is 4.33. The Morgan fingerprint density at radius 1 is 0.870 bits per heavy atom. The summed E-state index contributed by atoms with van der Waals surface area (Å²) in [6.07, 6.45) is 8.69. The molecule has 4 heteroatoms. The quantitative estimate of drug-likeness (QED) is 0.853. The van der Waals surface area contributed by atoms with E-state index < -0.39 is 0 Å². The third-order valence-corrected chi connectivity index (χ3v) is 5.14. The molecule has 0 N–H and O–H groups in total. The van der Waals surface area contributed by atoms with Crippen LogP contribution in [0.2, 0.25) is 0 Å². The van der Waals surface area contributed by atoms with Crippen molar-refractivity contribution in [3.63, 3.8) is 0 Å². The maximum Gasteiger partial charge on any atom is 0.225 e. The van der Waals surface area contributed by atoms with Crippen molar-refractivity contribution in [1.29, 1.82) is 0 Å². The molecule has 23 heavy (non-hydrogen) atoms. The highest BCUT2D eigenvalue weighted by Crippen LogP contribution is 2.34. The molecular weight excluding hydrogens is 284 g/mol. The SMILES string of the molecule is c1cnc(N2CCCN([C@H]3CCCc4ccccc43)CC2)nc1. The number of nitrogens with zero attached hydrogens (tertiary/aromatic N) is 4. The van der Waals surface area contributed by atoms with Crippen molar-refractivity contribution in [2.45, 2.75) is 31.7 Å². The molecule has 4 rings (SSSR count). The smallest absolute Gasteiger partial charge is 0.225 e. The van der Waals surface area contributed by atoms with Crippen LogP contribution < -0.4 is 4.90 Å². The molecule has 1 fully saturated rings. The molecular formula is C19H24N4. The van der Waals surface area contributed by atoms with Crippen molar-refractivity contribution < 1.29 is 0 Å². The van der Waals surface area contributed by atoms with Gasteiger partial charge in [0.1, 0.15) is 0 Å². The average molecular weight is 308 g/mol. The Balaban J connectivity index is 1.50. The molecule has 0 spiro atoms. The third-order valence-electron chi connectivity index (χ3n) is 5.14. The summed E-state index contributed by atoms with van der Waals surface area (Å²) in [6, 6.07) is 11.5. The second kappa shape index (κ2) is 6.67. The minimum Gasteiger partial charge on any atom is -0.339 e. The Labute approximate surface area is 138 Å². The van der Waals surface area contributed by atoms with Gasteiger partial charge in [0.15, 0.2) is 0 Å². The molecule has 0 bridgehead atoms. The van der Waals surface area contributed by atoms with E-state index >= 15 is 0 Å². The van der Waals surface area contributed by atoms with Crippen molar-refractivity contribution in [3.8, 4) is 0 Å². The lowest BCUT2D eigenvalue weighted by Crippen LogP contribution is -2.35. The van der Waals surface area contributed by atoms with E-state index in [1.54, 1.807) is 11.1 Å². The monoisotopic (exact) mass is 308 g/mol. The fourth-order valence-corrected chi connectivity index (χ4v) is 4.01. The molecule has 1 aromatic carbocycles. The fourth-order valence-electron chi connectivity index (χ4n) is 4.01. The average Bonchev–Trinajstić information content (AvgIpc) is 2.88. The first-order chi connectivity index (χ1) is 11.4. The van der Waals surface area contributed by atoms with Crippen LogP contribution in [0.5, 0.6) is 0 Å². The number of rotatable bonds is 2. The maximum atomic E-state index is 4.41. The van der Waals surface area contributed by atoms with Crippen LogP contribution >= 0.6 is 0 Å². The minimum absolute atomic E-state index is 0.594. The first kappa shape index (κ1) is 14.6. The van der Waals surface area contributed by atoms with Gasteiger partial charge in [-0.25, -0.2) is 9.97 Å². The molecule has 0 saturated carbocycles. The molecule has 1 atom stereocenters. The van der Waals surface area contributed by atoms with Crippen molar-refractivity contribution in [3.05, 3.63) is 53.9 Å². The number of hydrogen-bond donors (Lipinski definition) is 0. The number of benzene rings is 1. The van der Waals surface area contributed by atoms with E-state index in [0.717, 1.165) is 25.6 Å². The summed E-state index contributed by atoms with van der Waals surface area (Å²) < 4.78 is 0. The van der Waals surface area contributed by atoms with Gasteiger partial charge in [-0.2, -0.15) is 0 Å². The van der Waals surface area contributed by atoms with Gasteiger partial charge >= 0.3 is 0 Å². The summed E-state index contributed by atoms with van der Waals surface area (Å²) in [5.41, 5.74) is 3.11. The lowest BCUT2D eigenvalue weighted by atomic mass is 9.87. The van der Waals surface area contributed by atoms with Gasteiger partial charge in [0.05, 0.1) is 0 Å². The van der Waals surface area contributed by atoms with Gasteiger partial charge in [-0.15, -0.1) is 0 Å². The highest BCUT2D eigenvalue weighted by molar-refractivity contribution is 5.33.